The van der Waals surface area contributed by atoms with Gasteiger partial charge in [-0.2, -0.15) is 0 Å². The summed E-state index contributed by atoms with van der Waals surface area (Å²) in [6.07, 6.45) is 5.13. The average molecular weight is 443 g/mol. The Morgan fingerprint density at radius 2 is 2.06 bits per heavy atom. The summed E-state index contributed by atoms with van der Waals surface area (Å²) >= 11 is 6.38. The molecule has 1 aromatic heterocycles. The number of piperidine rings is 1. The van der Waals surface area contributed by atoms with E-state index < -0.39 is 17.8 Å². The van der Waals surface area contributed by atoms with E-state index >= 15 is 0 Å². The van der Waals surface area contributed by atoms with Crippen molar-refractivity contribution < 1.29 is 13.9 Å². The molecule has 0 aliphatic carbocycles. The summed E-state index contributed by atoms with van der Waals surface area (Å²) in [5.41, 5.74) is 2.26. The van der Waals surface area contributed by atoms with Crippen LogP contribution in [0.15, 0.2) is 58.9 Å². The molecule has 1 unspecified atom stereocenters. The maximum atomic E-state index is 13.7. The Balaban J connectivity index is 1.82. The number of carbonyl (C=O) groups is 1. The molecule has 0 bridgehead atoms. The Hall–Kier alpha value is -2.77. The Labute approximate surface area is 185 Å². The molecule has 31 heavy (non-hydrogen) atoms. The third-order valence-electron chi connectivity index (χ3n) is 5.53. The Bertz CT molecular complexity index is 1020. The number of esters is 1. The van der Waals surface area contributed by atoms with Gasteiger partial charge in [0, 0.05) is 29.0 Å². The van der Waals surface area contributed by atoms with Gasteiger partial charge in [0.05, 0.1) is 12.7 Å². The number of ether oxygens (including phenoxy) is 1. The van der Waals surface area contributed by atoms with Crippen molar-refractivity contribution in [1.29, 1.82) is 0 Å². The number of aliphatic imine (C=N–C) groups is 1. The first kappa shape index (κ1) is 21.5. The summed E-state index contributed by atoms with van der Waals surface area (Å²) in [4.78, 5) is 24.4. The molecular formula is C23H24ClFN4O2. The molecule has 0 saturated carbocycles. The van der Waals surface area contributed by atoms with Crippen LogP contribution in [-0.4, -0.2) is 48.4 Å². The molecule has 6 nitrogen and oxygen atoms in total. The average Bonchev–Trinajstić information content (AvgIpc) is 2.79. The minimum absolute atomic E-state index is 0.203. The van der Waals surface area contributed by atoms with Crippen LogP contribution in [0.4, 0.5) is 4.39 Å². The number of pyridine rings is 1. The molecular weight excluding hydrogens is 419 g/mol. The SMILES string of the molecule is COC(=O)C1=C(CN2CCCCC2)NC(c2ccccn2)=NC1c1ccc(F)cc1Cl. The summed E-state index contributed by atoms with van der Waals surface area (Å²) in [6.45, 7) is 2.46. The van der Waals surface area contributed by atoms with Crippen LogP contribution in [0.2, 0.25) is 5.02 Å². The molecule has 2 aliphatic heterocycles. The van der Waals surface area contributed by atoms with E-state index in [9.17, 15) is 9.18 Å². The van der Waals surface area contributed by atoms with E-state index in [0.29, 0.717) is 34.9 Å². The zero-order chi connectivity index (χ0) is 21.8. The lowest BCUT2D eigenvalue weighted by atomic mass is 9.94. The zero-order valence-corrected chi connectivity index (χ0v) is 18.0. The largest absolute Gasteiger partial charge is 0.466 e. The van der Waals surface area contributed by atoms with Crippen molar-refractivity contribution in [2.24, 2.45) is 4.99 Å². The third kappa shape index (κ3) is 4.78. The van der Waals surface area contributed by atoms with E-state index in [1.54, 1.807) is 12.3 Å². The van der Waals surface area contributed by atoms with Gasteiger partial charge in [0.2, 0.25) is 0 Å². The molecule has 4 rings (SSSR count). The molecule has 1 aromatic carbocycles. The maximum Gasteiger partial charge on any atom is 0.338 e. The van der Waals surface area contributed by atoms with Gasteiger partial charge in [-0.25, -0.2) is 9.18 Å². The van der Waals surface area contributed by atoms with Crippen LogP contribution in [0.5, 0.6) is 0 Å². The molecule has 0 amide bonds. The first-order valence-corrected chi connectivity index (χ1v) is 10.7. The highest BCUT2D eigenvalue weighted by molar-refractivity contribution is 6.31. The second kappa shape index (κ2) is 9.58. The van der Waals surface area contributed by atoms with Crippen molar-refractivity contribution in [3.8, 4) is 0 Å². The second-order valence-electron chi connectivity index (χ2n) is 7.61. The highest BCUT2D eigenvalue weighted by Crippen LogP contribution is 2.36. The van der Waals surface area contributed by atoms with Gasteiger partial charge in [0.1, 0.15) is 17.6 Å². The number of benzene rings is 1. The van der Waals surface area contributed by atoms with Crippen molar-refractivity contribution in [3.63, 3.8) is 0 Å². The van der Waals surface area contributed by atoms with E-state index in [1.165, 1.54) is 25.7 Å². The molecule has 1 N–H and O–H groups in total. The number of hydrogen-bond acceptors (Lipinski definition) is 6. The van der Waals surface area contributed by atoms with Crippen molar-refractivity contribution in [3.05, 3.63) is 76.0 Å². The van der Waals surface area contributed by atoms with E-state index in [4.69, 9.17) is 21.3 Å². The van der Waals surface area contributed by atoms with Gasteiger partial charge in [-0.1, -0.05) is 30.2 Å². The Kier molecular flexibility index (Phi) is 6.63. The Morgan fingerprint density at radius 3 is 2.74 bits per heavy atom. The minimum atomic E-state index is -0.737. The highest BCUT2D eigenvalue weighted by atomic mass is 35.5. The number of methoxy groups -OCH3 is 1. The molecule has 3 heterocycles. The first-order chi connectivity index (χ1) is 15.1. The van der Waals surface area contributed by atoms with Crippen LogP contribution in [-0.2, 0) is 9.53 Å². The molecule has 0 radical (unpaired) electrons. The van der Waals surface area contributed by atoms with Crippen LogP contribution in [0, 0.1) is 5.82 Å². The van der Waals surface area contributed by atoms with Crippen molar-refractivity contribution >= 4 is 23.4 Å². The summed E-state index contributed by atoms with van der Waals surface area (Å²) in [7, 11) is 1.34. The fraction of sp³-hybridized carbons (Fsp3) is 0.348. The fourth-order valence-corrected chi connectivity index (χ4v) is 4.26. The monoisotopic (exact) mass is 442 g/mol. The van der Waals surface area contributed by atoms with E-state index in [2.05, 4.69) is 15.2 Å². The molecule has 2 aromatic rings. The molecule has 1 fully saturated rings. The lowest BCUT2D eigenvalue weighted by Gasteiger charge is -2.32. The lowest BCUT2D eigenvalue weighted by molar-refractivity contribution is -0.136. The molecule has 0 spiro atoms. The summed E-state index contributed by atoms with van der Waals surface area (Å²) < 4.78 is 18.8. The molecule has 1 atom stereocenters. The Morgan fingerprint density at radius 1 is 1.26 bits per heavy atom. The number of likely N-dealkylation sites (tertiary alicyclic amines) is 1. The van der Waals surface area contributed by atoms with Gasteiger partial charge >= 0.3 is 5.97 Å². The van der Waals surface area contributed by atoms with Crippen molar-refractivity contribution in [1.82, 2.24) is 15.2 Å². The predicted molar refractivity (Wildman–Crippen MR) is 117 cm³/mol. The summed E-state index contributed by atoms with van der Waals surface area (Å²) in [6, 6.07) is 8.92. The van der Waals surface area contributed by atoms with Crippen LogP contribution >= 0.6 is 11.6 Å². The zero-order valence-electron chi connectivity index (χ0n) is 17.3. The minimum Gasteiger partial charge on any atom is -0.466 e. The first-order valence-electron chi connectivity index (χ1n) is 10.3. The number of rotatable bonds is 5. The summed E-state index contributed by atoms with van der Waals surface area (Å²) in [5.74, 6) is -0.409. The van der Waals surface area contributed by atoms with Crippen molar-refractivity contribution in [2.75, 3.05) is 26.7 Å². The van der Waals surface area contributed by atoms with Gasteiger partial charge in [-0.05, 0) is 50.2 Å². The topological polar surface area (TPSA) is 66.8 Å². The van der Waals surface area contributed by atoms with Crippen LogP contribution in [0.25, 0.3) is 0 Å². The van der Waals surface area contributed by atoms with E-state index in [0.717, 1.165) is 25.9 Å². The number of hydrogen-bond donors (Lipinski definition) is 1. The number of halogens is 2. The summed E-state index contributed by atoms with van der Waals surface area (Å²) in [5, 5.41) is 3.52. The number of aromatic nitrogens is 1. The normalized spacial score (nSPS) is 19.6. The maximum absolute atomic E-state index is 13.7. The predicted octanol–water partition coefficient (Wildman–Crippen LogP) is 3.88. The number of amidine groups is 1. The van der Waals surface area contributed by atoms with Gasteiger partial charge in [0.15, 0.2) is 5.84 Å². The smallest absolute Gasteiger partial charge is 0.338 e. The standard InChI is InChI=1S/C23H24ClFN4O2/c1-31-23(30)20-19(14-29-11-5-2-6-12-29)27-22(18-7-3-4-10-26-18)28-21(20)16-9-8-15(25)13-17(16)24/h3-4,7-10,13,21H,2,5-6,11-12,14H2,1H3,(H,27,28). The van der Waals surface area contributed by atoms with Gasteiger partial charge in [-0.15, -0.1) is 0 Å². The highest BCUT2D eigenvalue weighted by Gasteiger charge is 2.34. The van der Waals surface area contributed by atoms with Crippen molar-refractivity contribution in [2.45, 2.75) is 25.3 Å². The van der Waals surface area contributed by atoms with E-state index in [1.807, 2.05) is 18.2 Å². The second-order valence-corrected chi connectivity index (χ2v) is 8.01. The molecule has 1 saturated heterocycles. The number of nitrogens with zero attached hydrogens (tertiary/aromatic N) is 3. The quantitative estimate of drug-likeness (QED) is 0.712. The number of carbonyl (C=O) groups excluding carboxylic acids is 1. The molecule has 162 valence electrons. The van der Waals surface area contributed by atoms with Crippen LogP contribution < -0.4 is 5.32 Å². The van der Waals surface area contributed by atoms with Crippen LogP contribution in [0.3, 0.4) is 0 Å². The van der Waals surface area contributed by atoms with E-state index in [-0.39, 0.29) is 5.02 Å². The van der Waals surface area contributed by atoms with Gasteiger partial charge in [-0.3, -0.25) is 14.9 Å². The lowest BCUT2D eigenvalue weighted by Crippen LogP contribution is -2.41. The number of nitrogens with one attached hydrogen (secondary N) is 1. The third-order valence-corrected chi connectivity index (χ3v) is 5.85. The molecule has 2 aliphatic rings. The fourth-order valence-electron chi connectivity index (χ4n) is 3.99. The molecule has 8 heteroatoms. The van der Waals surface area contributed by atoms with Crippen LogP contribution in [0.1, 0.15) is 36.6 Å². The van der Waals surface area contributed by atoms with Gasteiger partial charge < -0.3 is 10.1 Å². The van der Waals surface area contributed by atoms with Gasteiger partial charge in [0.25, 0.3) is 0 Å².